The molecule has 0 amide bonds. The number of hydrogen-bond acceptors (Lipinski definition) is 3. The van der Waals surface area contributed by atoms with E-state index in [1.54, 1.807) is 6.92 Å². The molecular formula is C13H16N2O2. The maximum atomic E-state index is 11.5. The second-order valence-electron chi connectivity index (χ2n) is 3.88. The Bertz CT molecular complexity index is 450. The molecule has 17 heavy (non-hydrogen) atoms. The van der Waals surface area contributed by atoms with Crippen LogP contribution in [-0.2, 0) is 4.79 Å². The highest BCUT2D eigenvalue weighted by Crippen LogP contribution is 2.12. The van der Waals surface area contributed by atoms with Crippen molar-refractivity contribution in [1.29, 1.82) is 0 Å². The number of ketones is 1. The summed E-state index contributed by atoms with van der Waals surface area (Å²) in [5.41, 5.74) is 1.76. The van der Waals surface area contributed by atoms with Crippen LogP contribution in [0.25, 0.3) is 5.57 Å². The van der Waals surface area contributed by atoms with Crippen LogP contribution in [0.5, 0.6) is 0 Å². The molecule has 0 saturated heterocycles. The number of carbonyl (C=O) groups excluding carboxylic acids is 1. The first-order valence-corrected chi connectivity index (χ1v) is 5.42. The molecule has 0 bridgehead atoms. The fourth-order valence-corrected chi connectivity index (χ4v) is 1.23. The van der Waals surface area contributed by atoms with Gasteiger partial charge in [-0.25, -0.2) is 0 Å². The number of allylic oxidation sites excluding steroid dienone is 1. The van der Waals surface area contributed by atoms with Crippen molar-refractivity contribution in [2.24, 2.45) is 5.11 Å². The van der Waals surface area contributed by atoms with Crippen LogP contribution < -0.4 is 0 Å². The van der Waals surface area contributed by atoms with E-state index in [1.165, 1.54) is 13.1 Å². The fourth-order valence-electron chi connectivity index (χ4n) is 1.23. The molecule has 1 aromatic rings. The molecule has 0 N–H and O–H groups in total. The lowest BCUT2D eigenvalue weighted by Gasteiger charge is -2.01. The van der Waals surface area contributed by atoms with E-state index in [0.717, 1.165) is 11.1 Å². The minimum Gasteiger partial charge on any atom is -0.595 e. The van der Waals surface area contributed by atoms with E-state index >= 15 is 0 Å². The Kier molecular flexibility index (Phi) is 4.57. The zero-order valence-corrected chi connectivity index (χ0v) is 10.3. The standard InChI is InChI=1S/C13H16N2O2/c1-10(13-7-5-4-6-8-13)9-15(17)14-11(2)12(3)16/h4-9,11H,1-3H3. The van der Waals surface area contributed by atoms with Gasteiger partial charge in [-0.1, -0.05) is 35.2 Å². The molecule has 90 valence electrons. The highest BCUT2D eigenvalue weighted by Gasteiger charge is 2.09. The number of rotatable bonds is 4. The van der Waals surface area contributed by atoms with Crippen molar-refractivity contribution in [1.82, 2.24) is 0 Å². The van der Waals surface area contributed by atoms with E-state index in [0.29, 0.717) is 4.86 Å². The molecule has 4 nitrogen and oxygen atoms in total. The summed E-state index contributed by atoms with van der Waals surface area (Å²) in [6, 6.07) is 8.93. The van der Waals surface area contributed by atoms with Crippen molar-refractivity contribution in [2.75, 3.05) is 0 Å². The summed E-state index contributed by atoms with van der Waals surface area (Å²) >= 11 is 0. The highest BCUT2D eigenvalue weighted by atomic mass is 16.5. The van der Waals surface area contributed by atoms with E-state index in [1.807, 2.05) is 37.3 Å². The van der Waals surface area contributed by atoms with Crippen LogP contribution in [-0.4, -0.2) is 16.7 Å². The van der Waals surface area contributed by atoms with Gasteiger partial charge >= 0.3 is 0 Å². The van der Waals surface area contributed by atoms with Crippen LogP contribution in [0.15, 0.2) is 41.6 Å². The van der Waals surface area contributed by atoms with Gasteiger partial charge in [0.2, 0.25) is 6.20 Å². The van der Waals surface area contributed by atoms with E-state index < -0.39 is 6.04 Å². The summed E-state index contributed by atoms with van der Waals surface area (Å²) in [5.74, 6) is -0.128. The maximum Gasteiger partial charge on any atom is 0.212 e. The largest absolute Gasteiger partial charge is 0.595 e. The van der Waals surface area contributed by atoms with Crippen molar-refractivity contribution in [3.63, 3.8) is 0 Å². The van der Waals surface area contributed by atoms with Crippen LogP contribution in [0, 0.1) is 5.21 Å². The summed E-state index contributed by atoms with van der Waals surface area (Å²) in [4.78, 5) is 11.4. The SMILES string of the molecule is CC(=O)C(C)N=[N+]([O-])C=C(C)c1ccccc1. The van der Waals surface area contributed by atoms with Gasteiger partial charge in [0.15, 0.2) is 11.8 Å². The third-order valence-electron chi connectivity index (χ3n) is 2.41. The van der Waals surface area contributed by atoms with E-state index in [-0.39, 0.29) is 5.78 Å². The third-order valence-corrected chi connectivity index (χ3v) is 2.41. The molecule has 0 saturated carbocycles. The summed E-state index contributed by atoms with van der Waals surface area (Å²) < 4.78 is 0. The first-order valence-electron chi connectivity index (χ1n) is 5.42. The minimum atomic E-state index is -0.604. The zero-order chi connectivity index (χ0) is 12.8. The van der Waals surface area contributed by atoms with Crippen molar-refractivity contribution in [3.05, 3.63) is 47.3 Å². The maximum absolute atomic E-state index is 11.5. The second kappa shape index (κ2) is 5.94. The fraction of sp³-hybridized carbons (Fsp3) is 0.308. The molecule has 0 aliphatic rings. The molecule has 1 atom stereocenters. The number of hydrogen-bond donors (Lipinski definition) is 0. The lowest BCUT2D eigenvalue weighted by molar-refractivity contribution is -0.460. The zero-order valence-electron chi connectivity index (χ0n) is 10.3. The van der Waals surface area contributed by atoms with E-state index in [4.69, 9.17) is 0 Å². The number of azo groups is 1. The number of carbonyl (C=O) groups is 1. The number of Topliss-reactive ketones (excluding diaryl/α,β-unsaturated/α-hetero) is 1. The highest BCUT2D eigenvalue weighted by molar-refractivity contribution is 5.80. The normalized spacial score (nSPS) is 14.5. The molecule has 0 aromatic heterocycles. The van der Waals surface area contributed by atoms with Crippen molar-refractivity contribution in [3.8, 4) is 0 Å². The molecule has 0 aliphatic carbocycles. The van der Waals surface area contributed by atoms with Crippen LogP contribution in [0.3, 0.4) is 0 Å². The van der Waals surface area contributed by atoms with Gasteiger partial charge in [0.25, 0.3) is 0 Å². The Hall–Kier alpha value is -1.97. The quantitative estimate of drug-likeness (QED) is 0.455. The van der Waals surface area contributed by atoms with Crippen molar-refractivity contribution >= 4 is 11.4 Å². The Morgan fingerprint density at radius 1 is 1.35 bits per heavy atom. The second-order valence-corrected chi connectivity index (χ2v) is 3.88. The van der Waals surface area contributed by atoms with Gasteiger partial charge < -0.3 is 5.21 Å². The number of benzene rings is 1. The number of nitrogens with zero attached hydrogens (tertiary/aromatic N) is 2. The molecule has 1 unspecified atom stereocenters. The van der Waals surface area contributed by atoms with Gasteiger partial charge in [-0.15, -0.1) is 0 Å². The summed E-state index contributed by atoms with van der Waals surface area (Å²) in [6.45, 7) is 4.84. The predicted molar refractivity (Wildman–Crippen MR) is 66.3 cm³/mol. The van der Waals surface area contributed by atoms with Crippen LogP contribution >= 0.6 is 0 Å². The van der Waals surface area contributed by atoms with Crippen molar-refractivity contribution in [2.45, 2.75) is 26.8 Å². The summed E-state index contributed by atoms with van der Waals surface area (Å²) in [6.07, 6.45) is 1.37. The van der Waals surface area contributed by atoms with Gasteiger partial charge in [-0.05, 0) is 31.4 Å². The lowest BCUT2D eigenvalue weighted by atomic mass is 10.1. The van der Waals surface area contributed by atoms with Crippen molar-refractivity contribution < 1.29 is 9.66 Å². The Labute approximate surface area is 101 Å². The van der Waals surface area contributed by atoms with Crippen LogP contribution in [0.2, 0.25) is 0 Å². The molecule has 4 heteroatoms. The first kappa shape index (κ1) is 13.1. The molecule has 0 aliphatic heterocycles. The molecule has 1 aromatic carbocycles. The minimum absolute atomic E-state index is 0.128. The molecule has 0 heterocycles. The Morgan fingerprint density at radius 3 is 2.47 bits per heavy atom. The lowest BCUT2D eigenvalue weighted by Crippen LogP contribution is -2.12. The van der Waals surface area contributed by atoms with Gasteiger partial charge in [0, 0.05) is 5.57 Å². The molecule has 1 rings (SSSR count). The van der Waals surface area contributed by atoms with Crippen LogP contribution in [0.1, 0.15) is 26.3 Å². The Balaban J connectivity index is 2.86. The van der Waals surface area contributed by atoms with Gasteiger partial charge in [0.05, 0.1) is 0 Å². The summed E-state index contributed by atoms with van der Waals surface area (Å²) in [5, 5.41) is 15.2. The Morgan fingerprint density at radius 2 is 1.94 bits per heavy atom. The average molecular weight is 232 g/mol. The number of hydroxylamine groups is 1. The monoisotopic (exact) mass is 232 g/mol. The van der Waals surface area contributed by atoms with Crippen LogP contribution in [0.4, 0.5) is 0 Å². The first-order chi connectivity index (χ1) is 8.00. The topological polar surface area (TPSA) is 55.5 Å². The van der Waals surface area contributed by atoms with E-state index in [2.05, 4.69) is 5.11 Å². The molecular weight excluding hydrogens is 216 g/mol. The average Bonchev–Trinajstić information content (AvgIpc) is 2.29. The van der Waals surface area contributed by atoms with Gasteiger partial charge in [-0.3, -0.25) is 4.79 Å². The van der Waals surface area contributed by atoms with Gasteiger partial charge in [-0.2, -0.15) is 0 Å². The third kappa shape index (κ3) is 4.18. The van der Waals surface area contributed by atoms with E-state index in [9.17, 15) is 10.0 Å². The summed E-state index contributed by atoms with van der Waals surface area (Å²) in [7, 11) is 0. The predicted octanol–water partition coefficient (Wildman–Crippen LogP) is 2.99. The smallest absolute Gasteiger partial charge is 0.212 e. The van der Waals surface area contributed by atoms with Gasteiger partial charge in [0.1, 0.15) is 0 Å². The molecule has 0 radical (unpaired) electrons. The molecule has 0 fully saturated rings. The molecule has 0 spiro atoms.